The number of likely N-dealkylation sites (N-methyl/N-ethyl adjacent to an activating group) is 1. The zero-order chi connectivity index (χ0) is 23.9. The molecular formula is C25H27N7OS. The number of carbonyl (C=O) groups is 1. The van der Waals surface area contributed by atoms with Crippen LogP contribution in [0, 0.1) is 0 Å². The third-order valence-corrected chi connectivity index (χ3v) is 6.13. The Balaban J connectivity index is 1.64. The lowest BCUT2D eigenvalue weighted by Crippen LogP contribution is -2.22. The number of aryl methyl sites for hydroxylation is 1. The molecule has 0 aliphatic heterocycles. The van der Waals surface area contributed by atoms with Crippen molar-refractivity contribution >= 4 is 28.7 Å². The highest BCUT2D eigenvalue weighted by atomic mass is 32.1. The number of nitrogens with zero attached hydrogens (tertiary/aromatic N) is 5. The molecule has 0 spiro atoms. The predicted molar refractivity (Wildman–Crippen MR) is 137 cm³/mol. The number of para-hydroxylation sites is 1. The van der Waals surface area contributed by atoms with Crippen molar-refractivity contribution in [3.05, 3.63) is 71.4 Å². The number of aromatic nitrogens is 4. The largest absolute Gasteiger partial charge is 0.369 e. The molecule has 174 valence electrons. The van der Waals surface area contributed by atoms with Gasteiger partial charge in [-0.25, -0.2) is 9.97 Å². The minimum absolute atomic E-state index is 0.280. The molecule has 2 heterocycles. The van der Waals surface area contributed by atoms with Gasteiger partial charge in [0.05, 0.1) is 5.69 Å². The number of amides is 1. The molecule has 0 bridgehead atoms. The van der Waals surface area contributed by atoms with Gasteiger partial charge in [0.25, 0.3) is 5.91 Å². The van der Waals surface area contributed by atoms with Gasteiger partial charge in [0.2, 0.25) is 0 Å². The number of hydrogen-bond donors (Lipinski definition) is 2. The summed E-state index contributed by atoms with van der Waals surface area (Å²) >= 11 is 1.52. The summed E-state index contributed by atoms with van der Waals surface area (Å²) < 4.78 is 0. The van der Waals surface area contributed by atoms with Crippen molar-refractivity contribution in [2.45, 2.75) is 13.3 Å². The second-order valence-electron chi connectivity index (χ2n) is 7.91. The first kappa shape index (κ1) is 23.5. The molecule has 0 radical (unpaired) electrons. The summed E-state index contributed by atoms with van der Waals surface area (Å²) in [4.78, 5) is 24.6. The number of benzene rings is 2. The van der Waals surface area contributed by atoms with Gasteiger partial charge in [0.1, 0.15) is 21.5 Å². The van der Waals surface area contributed by atoms with E-state index in [4.69, 9.17) is 0 Å². The minimum Gasteiger partial charge on any atom is -0.369 e. The van der Waals surface area contributed by atoms with Crippen molar-refractivity contribution in [1.82, 2.24) is 25.1 Å². The van der Waals surface area contributed by atoms with Crippen LogP contribution in [0.4, 0.5) is 11.5 Å². The Bertz CT molecular complexity index is 1260. The zero-order valence-corrected chi connectivity index (χ0v) is 20.3. The fraction of sp³-hybridized carbons (Fsp3) is 0.240. The third kappa shape index (κ3) is 5.81. The van der Waals surface area contributed by atoms with Gasteiger partial charge in [0.15, 0.2) is 5.82 Å². The number of hydrogen-bond acceptors (Lipinski definition) is 8. The molecule has 2 aromatic heterocycles. The van der Waals surface area contributed by atoms with E-state index in [1.807, 2.05) is 75.6 Å². The molecule has 0 atom stereocenters. The molecule has 0 saturated carbocycles. The molecule has 8 nitrogen and oxygen atoms in total. The second kappa shape index (κ2) is 11.0. The predicted octanol–water partition coefficient (Wildman–Crippen LogP) is 4.45. The summed E-state index contributed by atoms with van der Waals surface area (Å²) in [5, 5.41) is 16.5. The SMILES string of the molecule is CCc1nnc(-c2ccccc2NC(=O)c2cc(NCCN(C)C)nc(-c3ccccc3)n2)s1. The molecule has 34 heavy (non-hydrogen) atoms. The summed E-state index contributed by atoms with van der Waals surface area (Å²) in [6, 6.07) is 18.9. The van der Waals surface area contributed by atoms with Crippen molar-refractivity contribution in [2.75, 3.05) is 37.8 Å². The quantitative estimate of drug-likeness (QED) is 0.371. The number of anilines is 2. The highest BCUT2D eigenvalue weighted by Crippen LogP contribution is 2.31. The van der Waals surface area contributed by atoms with Crippen molar-refractivity contribution in [3.63, 3.8) is 0 Å². The molecular weight excluding hydrogens is 446 g/mol. The smallest absolute Gasteiger partial charge is 0.274 e. The van der Waals surface area contributed by atoms with E-state index in [1.54, 1.807) is 6.07 Å². The number of carbonyl (C=O) groups excluding carboxylic acids is 1. The molecule has 0 aliphatic rings. The van der Waals surface area contributed by atoms with E-state index in [0.717, 1.165) is 34.1 Å². The van der Waals surface area contributed by atoms with Crippen LogP contribution < -0.4 is 10.6 Å². The highest BCUT2D eigenvalue weighted by Gasteiger charge is 2.17. The van der Waals surface area contributed by atoms with E-state index in [0.29, 0.717) is 23.9 Å². The Labute approximate surface area is 203 Å². The van der Waals surface area contributed by atoms with Gasteiger partial charge >= 0.3 is 0 Å². The van der Waals surface area contributed by atoms with E-state index < -0.39 is 0 Å². The first-order valence-corrected chi connectivity index (χ1v) is 11.9. The Morgan fingerprint density at radius 2 is 1.76 bits per heavy atom. The standard InChI is InChI=1S/C25H27N7OS/c1-4-22-30-31-25(34-22)18-12-8-9-13-19(18)28-24(33)20-16-21(26-14-15-32(2)3)29-23(27-20)17-10-6-5-7-11-17/h5-13,16H,4,14-15H2,1-3H3,(H,28,33)(H,26,27,29). The lowest BCUT2D eigenvalue weighted by Gasteiger charge is -2.13. The molecule has 0 aliphatic carbocycles. The minimum atomic E-state index is -0.317. The van der Waals surface area contributed by atoms with Crippen molar-refractivity contribution < 1.29 is 4.79 Å². The lowest BCUT2D eigenvalue weighted by molar-refractivity contribution is 0.102. The van der Waals surface area contributed by atoms with Crippen LogP contribution >= 0.6 is 11.3 Å². The van der Waals surface area contributed by atoms with E-state index in [9.17, 15) is 4.79 Å². The molecule has 1 amide bonds. The van der Waals surface area contributed by atoms with Crippen LogP contribution in [0.25, 0.3) is 22.0 Å². The summed E-state index contributed by atoms with van der Waals surface area (Å²) in [6.07, 6.45) is 0.818. The van der Waals surface area contributed by atoms with Gasteiger partial charge in [-0.05, 0) is 32.6 Å². The first-order chi connectivity index (χ1) is 16.5. The van der Waals surface area contributed by atoms with Crippen molar-refractivity contribution in [2.24, 2.45) is 0 Å². The number of rotatable bonds is 9. The molecule has 2 aromatic carbocycles. The van der Waals surface area contributed by atoms with Crippen LogP contribution in [0.1, 0.15) is 22.4 Å². The number of nitrogens with one attached hydrogen (secondary N) is 2. The molecule has 0 fully saturated rings. The van der Waals surface area contributed by atoms with Crippen molar-refractivity contribution in [3.8, 4) is 22.0 Å². The first-order valence-electron chi connectivity index (χ1n) is 11.1. The van der Waals surface area contributed by atoms with E-state index in [2.05, 4.69) is 35.7 Å². The van der Waals surface area contributed by atoms with E-state index in [1.165, 1.54) is 11.3 Å². The van der Waals surface area contributed by atoms with Crippen molar-refractivity contribution in [1.29, 1.82) is 0 Å². The maximum Gasteiger partial charge on any atom is 0.274 e. The van der Waals surface area contributed by atoms with Crippen LogP contribution in [-0.2, 0) is 6.42 Å². The molecule has 2 N–H and O–H groups in total. The molecule has 4 rings (SSSR count). The van der Waals surface area contributed by atoms with Gasteiger partial charge in [-0.1, -0.05) is 60.7 Å². The zero-order valence-electron chi connectivity index (χ0n) is 19.4. The van der Waals surface area contributed by atoms with E-state index in [-0.39, 0.29) is 11.6 Å². The molecule has 0 unspecified atom stereocenters. The maximum atomic E-state index is 13.3. The van der Waals surface area contributed by atoms with Gasteiger partial charge in [-0.15, -0.1) is 10.2 Å². The molecule has 0 saturated heterocycles. The summed E-state index contributed by atoms with van der Waals surface area (Å²) in [5.74, 6) is 0.777. The van der Waals surface area contributed by atoms with Crippen LogP contribution in [-0.4, -0.2) is 58.2 Å². The average molecular weight is 474 g/mol. The highest BCUT2D eigenvalue weighted by molar-refractivity contribution is 7.14. The fourth-order valence-corrected chi connectivity index (χ4v) is 4.07. The second-order valence-corrected chi connectivity index (χ2v) is 8.97. The Morgan fingerprint density at radius 3 is 2.50 bits per heavy atom. The summed E-state index contributed by atoms with van der Waals surface area (Å²) in [5.41, 5.74) is 2.61. The Kier molecular flexibility index (Phi) is 7.56. The summed E-state index contributed by atoms with van der Waals surface area (Å²) in [7, 11) is 4.02. The van der Waals surface area contributed by atoms with E-state index >= 15 is 0 Å². The average Bonchev–Trinajstić information content (AvgIpc) is 3.34. The normalized spacial score (nSPS) is 10.9. The maximum absolute atomic E-state index is 13.3. The Hall–Kier alpha value is -3.69. The van der Waals surface area contributed by atoms with Crippen LogP contribution in [0.3, 0.4) is 0 Å². The lowest BCUT2D eigenvalue weighted by atomic mass is 10.1. The monoisotopic (exact) mass is 473 g/mol. The third-order valence-electron chi connectivity index (χ3n) is 5.03. The molecule has 9 heteroatoms. The molecule has 4 aromatic rings. The van der Waals surface area contributed by atoms with Gasteiger partial charge in [0, 0.05) is 30.3 Å². The van der Waals surface area contributed by atoms with Gasteiger partial charge in [-0.2, -0.15) is 0 Å². The van der Waals surface area contributed by atoms with Gasteiger partial charge < -0.3 is 15.5 Å². The topological polar surface area (TPSA) is 95.9 Å². The van der Waals surface area contributed by atoms with Crippen LogP contribution in [0.5, 0.6) is 0 Å². The Morgan fingerprint density at radius 1 is 1.00 bits per heavy atom. The fourth-order valence-electron chi connectivity index (χ4n) is 3.25. The van der Waals surface area contributed by atoms with Crippen LogP contribution in [0.15, 0.2) is 60.7 Å². The van der Waals surface area contributed by atoms with Gasteiger partial charge in [-0.3, -0.25) is 4.79 Å². The summed E-state index contributed by atoms with van der Waals surface area (Å²) in [6.45, 7) is 3.57. The van der Waals surface area contributed by atoms with Crippen LogP contribution in [0.2, 0.25) is 0 Å².